The van der Waals surface area contributed by atoms with Crippen molar-refractivity contribution in [2.75, 3.05) is 26.3 Å². The Hall–Kier alpha value is -1.21. The molecule has 2 heterocycles. The van der Waals surface area contributed by atoms with Crippen LogP contribution in [0.3, 0.4) is 0 Å². The van der Waals surface area contributed by atoms with Crippen molar-refractivity contribution in [1.29, 1.82) is 0 Å². The van der Waals surface area contributed by atoms with Gasteiger partial charge in [0.2, 0.25) is 4.77 Å². The molecule has 0 unspecified atom stereocenters. The largest absolute Gasteiger partial charge is 0.370 e. The fourth-order valence-corrected chi connectivity index (χ4v) is 2.91. The van der Waals surface area contributed by atoms with Crippen molar-refractivity contribution < 1.29 is 9.64 Å². The lowest BCUT2D eigenvalue weighted by Gasteiger charge is -2.23. The van der Waals surface area contributed by atoms with Gasteiger partial charge in [-0.15, -0.1) is 5.10 Å². The van der Waals surface area contributed by atoms with Crippen molar-refractivity contribution in [1.82, 2.24) is 14.3 Å². The van der Waals surface area contributed by atoms with Crippen LogP contribution in [0.5, 0.6) is 0 Å². The minimum atomic E-state index is 0.687. The molecule has 0 bridgehead atoms. The average molecular weight is 326 g/mol. The van der Waals surface area contributed by atoms with Crippen LogP contribution in [0.2, 0.25) is 5.02 Å². The number of nitrogens with zero attached hydrogens (tertiary/aromatic N) is 3. The molecule has 1 N–H and O–H groups in total. The highest BCUT2D eigenvalue weighted by molar-refractivity contribution is 7.71. The molecule has 0 aliphatic carbocycles. The molecule has 1 aromatic heterocycles. The van der Waals surface area contributed by atoms with Crippen LogP contribution in [0.15, 0.2) is 24.3 Å². The predicted molar refractivity (Wildman–Crippen MR) is 84.0 cm³/mol. The van der Waals surface area contributed by atoms with Gasteiger partial charge in [0.1, 0.15) is 13.1 Å². The Balaban J connectivity index is 1.92. The Morgan fingerprint density at radius 3 is 2.76 bits per heavy atom. The topological polar surface area (TPSA) is 36.4 Å². The lowest BCUT2D eigenvalue weighted by atomic mass is 10.2. The number of benzene rings is 1. The van der Waals surface area contributed by atoms with Crippen LogP contribution in [0.1, 0.15) is 0 Å². The van der Waals surface area contributed by atoms with Crippen LogP contribution >= 0.6 is 23.8 Å². The van der Waals surface area contributed by atoms with Crippen molar-refractivity contribution in [3.8, 4) is 11.4 Å². The highest BCUT2D eigenvalue weighted by Crippen LogP contribution is 2.25. The molecule has 1 fully saturated rings. The molecule has 0 spiro atoms. The van der Waals surface area contributed by atoms with Gasteiger partial charge >= 0.3 is 0 Å². The maximum atomic E-state index is 6.27. The molecule has 21 heavy (non-hydrogen) atoms. The summed E-state index contributed by atoms with van der Waals surface area (Å²) in [5, 5.41) is 5.35. The number of ether oxygens (including phenoxy) is 1. The molecule has 2 aromatic rings. The SMILES string of the molecule is Cn1c(-c2ccccc2Cl)nn(C[NH+]2CCOCC2)c1=S. The first-order valence-corrected chi connectivity index (χ1v) is 7.75. The molecule has 0 saturated carbocycles. The van der Waals surface area contributed by atoms with E-state index in [1.165, 1.54) is 4.90 Å². The van der Waals surface area contributed by atoms with Gasteiger partial charge in [-0.3, -0.25) is 0 Å². The molecule has 0 radical (unpaired) electrons. The van der Waals surface area contributed by atoms with E-state index in [-0.39, 0.29) is 0 Å². The molecular weight excluding hydrogens is 308 g/mol. The summed E-state index contributed by atoms with van der Waals surface area (Å²) in [7, 11) is 1.93. The molecule has 3 rings (SSSR count). The van der Waals surface area contributed by atoms with Gasteiger partial charge in [-0.1, -0.05) is 23.7 Å². The third-order valence-corrected chi connectivity index (χ3v) is 4.54. The smallest absolute Gasteiger partial charge is 0.202 e. The van der Waals surface area contributed by atoms with Gasteiger partial charge in [-0.05, 0) is 24.4 Å². The van der Waals surface area contributed by atoms with Crippen LogP contribution < -0.4 is 4.90 Å². The van der Waals surface area contributed by atoms with Crippen molar-refractivity contribution in [3.63, 3.8) is 0 Å². The summed E-state index contributed by atoms with van der Waals surface area (Å²) >= 11 is 11.8. The monoisotopic (exact) mass is 325 g/mol. The van der Waals surface area contributed by atoms with Crippen molar-refractivity contribution >= 4 is 23.8 Å². The predicted octanol–water partition coefficient (Wildman–Crippen LogP) is 1.14. The van der Waals surface area contributed by atoms with Crippen molar-refractivity contribution in [2.24, 2.45) is 7.05 Å². The van der Waals surface area contributed by atoms with E-state index in [0.717, 1.165) is 44.4 Å². The van der Waals surface area contributed by atoms with Crippen LogP contribution in [0.25, 0.3) is 11.4 Å². The highest BCUT2D eigenvalue weighted by Gasteiger charge is 2.18. The molecule has 1 aliphatic heterocycles. The number of nitrogens with one attached hydrogen (secondary N) is 1. The summed E-state index contributed by atoms with van der Waals surface area (Å²) < 4.78 is 9.89. The van der Waals surface area contributed by atoms with Gasteiger partial charge < -0.3 is 14.2 Å². The fraction of sp³-hybridized carbons (Fsp3) is 0.429. The molecular formula is C14H18ClN4OS+. The maximum absolute atomic E-state index is 6.27. The molecule has 1 saturated heterocycles. The molecule has 0 amide bonds. The highest BCUT2D eigenvalue weighted by atomic mass is 35.5. The zero-order valence-corrected chi connectivity index (χ0v) is 13.5. The average Bonchev–Trinajstić information content (AvgIpc) is 2.77. The molecule has 7 heteroatoms. The number of hydrogen-bond acceptors (Lipinski definition) is 3. The van der Waals surface area contributed by atoms with E-state index in [4.69, 9.17) is 28.6 Å². The van der Waals surface area contributed by atoms with Gasteiger partial charge in [-0.25, -0.2) is 0 Å². The summed E-state index contributed by atoms with van der Waals surface area (Å²) in [5.74, 6) is 0.804. The standard InChI is InChI=1S/C14H17ClN4OS/c1-17-13(11-4-2-3-5-12(11)15)16-19(14(17)21)10-18-6-8-20-9-7-18/h2-5H,6-10H2,1H3/p+1. The number of morpholine rings is 1. The fourth-order valence-electron chi connectivity index (χ4n) is 2.50. The second-order valence-electron chi connectivity index (χ2n) is 5.17. The lowest BCUT2D eigenvalue weighted by molar-refractivity contribution is -0.930. The lowest BCUT2D eigenvalue weighted by Crippen LogP contribution is -3.13. The third-order valence-electron chi connectivity index (χ3n) is 3.73. The van der Waals surface area contributed by atoms with E-state index in [0.29, 0.717) is 9.79 Å². The van der Waals surface area contributed by atoms with Gasteiger partial charge in [0.05, 0.1) is 18.2 Å². The Kier molecular flexibility index (Phi) is 4.40. The van der Waals surface area contributed by atoms with Crippen LogP contribution in [-0.4, -0.2) is 40.7 Å². The minimum absolute atomic E-state index is 0.687. The van der Waals surface area contributed by atoms with Crippen molar-refractivity contribution in [3.05, 3.63) is 34.1 Å². The van der Waals surface area contributed by atoms with Gasteiger partial charge in [-0.2, -0.15) is 4.68 Å². The zero-order valence-electron chi connectivity index (χ0n) is 11.9. The van der Waals surface area contributed by atoms with E-state index >= 15 is 0 Å². The Morgan fingerprint density at radius 2 is 2.05 bits per heavy atom. The normalized spacial score (nSPS) is 16.3. The first-order valence-electron chi connectivity index (χ1n) is 6.97. The quantitative estimate of drug-likeness (QED) is 0.860. The van der Waals surface area contributed by atoms with Crippen LogP contribution in [0, 0.1) is 4.77 Å². The van der Waals surface area contributed by atoms with Gasteiger partial charge in [0.25, 0.3) is 0 Å². The van der Waals surface area contributed by atoms with E-state index in [2.05, 4.69) is 5.10 Å². The van der Waals surface area contributed by atoms with E-state index in [9.17, 15) is 0 Å². The van der Waals surface area contributed by atoms with E-state index < -0.39 is 0 Å². The summed E-state index contributed by atoms with van der Waals surface area (Å²) in [6.45, 7) is 4.33. The van der Waals surface area contributed by atoms with Crippen LogP contribution in [-0.2, 0) is 18.5 Å². The second-order valence-corrected chi connectivity index (χ2v) is 5.94. The number of aromatic nitrogens is 3. The van der Waals surface area contributed by atoms with E-state index in [1.807, 2.05) is 40.6 Å². The Labute approximate surface area is 133 Å². The van der Waals surface area contributed by atoms with Crippen molar-refractivity contribution in [2.45, 2.75) is 6.67 Å². The third kappa shape index (κ3) is 3.03. The second kappa shape index (κ2) is 6.27. The summed E-state index contributed by atoms with van der Waals surface area (Å²) in [4.78, 5) is 1.43. The molecule has 5 nitrogen and oxygen atoms in total. The van der Waals surface area contributed by atoms with Crippen LogP contribution in [0.4, 0.5) is 0 Å². The van der Waals surface area contributed by atoms with Gasteiger partial charge in [0, 0.05) is 12.6 Å². The maximum Gasteiger partial charge on any atom is 0.202 e. The molecule has 1 aromatic carbocycles. The number of halogens is 1. The summed E-state index contributed by atoms with van der Waals surface area (Å²) in [5.41, 5.74) is 0.906. The van der Waals surface area contributed by atoms with E-state index in [1.54, 1.807) is 0 Å². The summed E-state index contributed by atoms with van der Waals surface area (Å²) in [6.07, 6.45) is 0. The number of hydrogen-bond donors (Lipinski definition) is 1. The first kappa shape index (κ1) is 14.7. The minimum Gasteiger partial charge on any atom is -0.370 e. The number of quaternary nitrogens is 1. The van der Waals surface area contributed by atoms with Gasteiger partial charge in [0.15, 0.2) is 12.5 Å². The number of rotatable bonds is 3. The summed E-state index contributed by atoms with van der Waals surface area (Å²) in [6, 6.07) is 7.70. The molecule has 1 aliphatic rings. The Morgan fingerprint density at radius 1 is 1.33 bits per heavy atom. The zero-order chi connectivity index (χ0) is 14.8. The molecule has 112 valence electrons. The Bertz CT molecular complexity index is 691. The molecule has 0 atom stereocenters. The first-order chi connectivity index (χ1) is 10.2.